The summed E-state index contributed by atoms with van der Waals surface area (Å²) in [6, 6.07) is 1.94. The molecule has 0 bridgehead atoms. The molecule has 1 amide bonds. The van der Waals surface area contributed by atoms with Crippen LogP contribution < -0.4 is 10.6 Å². The predicted molar refractivity (Wildman–Crippen MR) is 65.1 cm³/mol. The Morgan fingerprint density at radius 2 is 2.24 bits per heavy atom. The molecular weight excluding hydrogens is 218 g/mol. The number of rotatable bonds is 3. The third-order valence-corrected chi connectivity index (χ3v) is 2.89. The fourth-order valence-electron chi connectivity index (χ4n) is 1.90. The summed E-state index contributed by atoms with van der Waals surface area (Å²) in [5.41, 5.74) is 1.38. The lowest BCUT2D eigenvalue weighted by Gasteiger charge is -2.23. The lowest BCUT2D eigenvalue weighted by atomic mass is 10.1. The Balaban J connectivity index is 2.03. The van der Waals surface area contributed by atoms with Crippen molar-refractivity contribution in [3.63, 3.8) is 0 Å². The third-order valence-electron chi connectivity index (χ3n) is 2.89. The zero-order chi connectivity index (χ0) is 12.1. The minimum atomic E-state index is -0.0522. The number of amides is 1. The molecule has 92 valence electrons. The smallest absolute Gasteiger partial charge is 0.253 e. The predicted octanol–water partition coefficient (Wildman–Crippen LogP) is 1.03. The molecule has 0 radical (unpaired) electrons. The molecule has 2 heterocycles. The van der Waals surface area contributed by atoms with Crippen molar-refractivity contribution < 1.29 is 9.53 Å². The summed E-state index contributed by atoms with van der Waals surface area (Å²) in [5, 5.41) is 5.99. The summed E-state index contributed by atoms with van der Waals surface area (Å²) in [5.74, 6) is -0.0522. The van der Waals surface area contributed by atoms with E-state index < -0.39 is 0 Å². The van der Waals surface area contributed by atoms with E-state index in [0.717, 1.165) is 31.7 Å². The molecule has 0 atom stereocenters. The van der Waals surface area contributed by atoms with Gasteiger partial charge in [0.1, 0.15) is 0 Å². The minimum Gasteiger partial charge on any atom is -0.386 e. The van der Waals surface area contributed by atoms with Crippen LogP contribution in [0, 0.1) is 0 Å². The highest BCUT2D eigenvalue weighted by Gasteiger charge is 2.18. The van der Waals surface area contributed by atoms with Crippen LogP contribution >= 0.6 is 0 Å². The van der Waals surface area contributed by atoms with E-state index >= 15 is 0 Å². The standard InChI is InChI=1S/C12H17N3O2/c1-13-11-8-14-5-2-10(11)12(16)15-9-3-6-17-7-4-9/h2,5,8-9,13H,3-4,6-7H2,1H3,(H,15,16). The van der Waals surface area contributed by atoms with E-state index in [1.807, 2.05) is 0 Å². The Kier molecular flexibility index (Phi) is 3.93. The highest BCUT2D eigenvalue weighted by Crippen LogP contribution is 2.14. The molecule has 5 nitrogen and oxygen atoms in total. The number of carbonyl (C=O) groups excluding carboxylic acids is 1. The summed E-state index contributed by atoms with van der Waals surface area (Å²) in [6.07, 6.45) is 5.04. The SMILES string of the molecule is CNc1cnccc1C(=O)NC1CCOCC1. The second kappa shape index (κ2) is 5.63. The number of nitrogens with zero attached hydrogens (tertiary/aromatic N) is 1. The number of ether oxygens (including phenoxy) is 1. The quantitative estimate of drug-likeness (QED) is 0.821. The van der Waals surface area contributed by atoms with Gasteiger partial charge in [0.2, 0.25) is 0 Å². The molecule has 1 fully saturated rings. The fraction of sp³-hybridized carbons (Fsp3) is 0.500. The largest absolute Gasteiger partial charge is 0.386 e. The summed E-state index contributed by atoms with van der Waals surface area (Å²) in [6.45, 7) is 1.44. The number of anilines is 1. The molecule has 1 saturated heterocycles. The molecule has 1 aromatic heterocycles. The molecule has 1 aliphatic rings. The van der Waals surface area contributed by atoms with E-state index in [4.69, 9.17) is 4.74 Å². The highest BCUT2D eigenvalue weighted by atomic mass is 16.5. The van der Waals surface area contributed by atoms with Gasteiger partial charge in [-0.2, -0.15) is 0 Å². The molecule has 0 aliphatic carbocycles. The van der Waals surface area contributed by atoms with Crippen LogP contribution in [0.25, 0.3) is 0 Å². The number of hydrogen-bond acceptors (Lipinski definition) is 4. The van der Waals surface area contributed by atoms with Crippen LogP contribution in [0.2, 0.25) is 0 Å². The molecular formula is C12H17N3O2. The van der Waals surface area contributed by atoms with Gasteiger partial charge >= 0.3 is 0 Å². The molecule has 0 aromatic carbocycles. The van der Waals surface area contributed by atoms with Gasteiger partial charge in [-0.05, 0) is 18.9 Å². The maximum Gasteiger partial charge on any atom is 0.253 e. The van der Waals surface area contributed by atoms with Crippen LogP contribution in [0.15, 0.2) is 18.5 Å². The van der Waals surface area contributed by atoms with Crippen molar-refractivity contribution in [1.82, 2.24) is 10.3 Å². The van der Waals surface area contributed by atoms with Gasteiger partial charge in [0.05, 0.1) is 17.4 Å². The molecule has 0 saturated carbocycles. The molecule has 5 heteroatoms. The van der Waals surface area contributed by atoms with E-state index in [0.29, 0.717) is 5.56 Å². The minimum absolute atomic E-state index is 0.0522. The van der Waals surface area contributed by atoms with Crippen LogP contribution in [0.4, 0.5) is 5.69 Å². The monoisotopic (exact) mass is 235 g/mol. The first-order chi connectivity index (χ1) is 8.31. The molecule has 1 aromatic rings. The zero-order valence-corrected chi connectivity index (χ0v) is 9.90. The number of carbonyl (C=O) groups is 1. The van der Waals surface area contributed by atoms with Crippen molar-refractivity contribution in [1.29, 1.82) is 0 Å². The van der Waals surface area contributed by atoms with E-state index in [1.165, 1.54) is 0 Å². The Bertz CT molecular complexity index is 389. The van der Waals surface area contributed by atoms with Gasteiger partial charge in [-0.3, -0.25) is 9.78 Å². The number of nitrogens with one attached hydrogen (secondary N) is 2. The van der Waals surface area contributed by atoms with Gasteiger partial charge in [-0.25, -0.2) is 0 Å². The summed E-state index contributed by atoms with van der Waals surface area (Å²) in [4.78, 5) is 16.1. The van der Waals surface area contributed by atoms with Gasteiger partial charge in [0.15, 0.2) is 0 Å². The van der Waals surface area contributed by atoms with Crippen molar-refractivity contribution in [3.8, 4) is 0 Å². The van der Waals surface area contributed by atoms with E-state index in [-0.39, 0.29) is 11.9 Å². The van der Waals surface area contributed by atoms with E-state index in [1.54, 1.807) is 25.5 Å². The molecule has 2 rings (SSSR count). The Labute approximate surface area is 101 Å². The normalized spacial score (nSPS) is 16.5. The van der Waals surface area contributed by atoms with Gasteiger partial charge in [0, 0.05) is 32.5 Å². The van der Waals surface area contributed by atoms with Gasteiger partial charge in [-0.1, -0.05) is 0 Å². The average Bonchev–Trinajstić information content (AvgIpc) is 2.40. The molecule has 0 unspecified atom stereocenters. The van der Waals surface area contributed by atoms with Crippen LogP contribution in [0.1, 0.15) is 23.2 Å². The van der Waals surface area contributed by atoms with Crippen molar-refractivity contribution in [2.24, 2.45) is 0 Å². The average molecular weight is 235 g/mol. The van der Waals surface area contributed by atoms with Crippen molar-refractivity contribution >= 4 is 11.6 Å². The summed E-state index contributed by atoms with van der Waals surface area (Å²) in [7, 11) is 1.78. The lowest BCUT2D eigenvalue weighted by Crippen LogP contribution is -2.39. The first kappa shape index (κ1) is 11.9. The van der Waals surface area contributed by atoms with Gasteiger partial charge in [-0.15, -0.1) is 0 Å². The Hall–Kier alpha value is -1.62. The fourth-order valence-corrected chi connectivity index (χ4v) is 1.90. The summed E-state index contributed by atoms with van der Waals surface area (Å²) < 4.78 is 5.26. The molecule has 0 spiro atoms. The van der Waals surface area contributed by atoms with Crippen LogP contribution in [-0.2, 0) is 4.74 Å². The zero-order valence-electron chi connectivity index (χ0n) is 9.90. The topological polar surface area (TPSA) is 63.2 Å². The van der Waals surface area contributed by atoms with E-state index in [9.17, 15) is 4.79 Å². The number of aromatic nitrogens is 1. The van der Waals surface area contributed by atoms with Gasteiger partial charge < -0.3 is 15.4 Å². The maximum absolute atomic E-state index is 12.1. The Morgan fingerprint density at radius 3 is 2.94 bits per heavy atom. The van der Waals surface area contributed by atoms with Crippen molar-refractivity contribution in [2.75, 3.05) is 25.6 Å². The second-order valence-corrected chi connectivity index (χ2v) is 4.03. The second-order valence-electron chi connectivity index (χ2n) is 4.03. The molecule has 2 N–H and O–H groups in total. The van der Waals surface area contributed by atoms with Crippen molar-refractivity contribution in [3.05, 3.63) is 24.0 Å². The molecule has 17 heavy (non-hydrogen) atoms. The molecule has 1 aliphatic heterocycles. The summed E-state index contributed by atoms with van der Waals surface area (Å²) >= 11 is 0. The van der Waals surface area contributed by atoms with Crippen LogP contribution in [0.5, 0.6) is 0 Å². The number of pyridine rings is 1. The highest BCUT2D eigenvalue weighted by molar-refractivity contribution is 5.99. The van der Waals surface area contributed by atoms with E-state index in [2.05, 4.69) is 15.6 Å². The van der Waals surface area contributed by atoms with Crippen LogP contribution in [-0.4, -0.2) is 37.2 Å². The number of hydrogen-bond donors (Lipinski definition) is 2. The third kappa shape index (κ3) is 2.94. The maximum atomic E-state index is 12.1. The first-order valence-corrected chi connectivity index (χ1v) is 5.81. The Morgan fingerprint density at radius 1 is 1.47 bits per heavy atom. The van der Waals surface area contributed by atoms with Crippen LogP contribution in [0.3, 0.4) is 0 Å². The van der Waals surface area contributed by atoms with Crippen molar-refractivity contribution in [2.45, 2.75) is 18.9 Å². The first-order valence-electron chi connectivity index (χ1n) is 5.81. The lowest BCUT2D eigenvalue weighted by molar-refractivity contribution is 0.0697. The van der Waals surface area contributed by atoms with Gasteiger partial charge in [0.25, 0.3) is 5.91 Å².